The Morgan fingerprint density at radius 1 is 1.12 bits per heavy atom. The number of rotatable bonds is 2. The molecule has 5 heteroatoms. The van der Waals surface area contributed by atoms with Crippen LogP contribution in [0.15, 0.2) is 46.9 Å². The molecule has 0 amide bonds. The van der Waals surface area contributed by atoms with Gasteiger partial charge in [0.05, 0.1) is 12.0 Å². The second kappa shape index (κ2) is 5.40. The van der Waals surface area contributed by atoms with Gasteiger partial charge >= 0.3 is 5.97 Å². The zero-order chi connectivity index (χ0) is 18.0. The van der Waals surface area contributed by atoms with E-state index in [1.54, 1.807) is 26.0 Å². The van der Waals surface area contributed by atoms with Gasteiger partial charge in [-0.1, -0.05) is 46.3 Å². The molecule has 3 unspecified atom stereocenters. The highest BCUT2D eigenvalue weighted by Gasteiger charge is 2.62. The molecule has 5 rings (SSSR count). The van der Waals surface area contributed by atoms with Crippen molar-refractivity contribution < 1.29 is 19.7 Å². The summed E-state index contributed by atoms with van der Waals surface area (Å²) in [6.45, 7) is 3.55. The summed E-state index contributed by atoms with van der Waals surface area (Å²) in [5.41, 5.74) is -0.421. The summed E-state index contributed by atoms with van der Waals surface area (Å²) in [4.78, 5) is 12.7. The third-order valence-corrected chi connectivity index (χ3v) is 5.75. The minimum absolute atomic E-state index is 0.0928. The lowest BCUT2D eigenvalue weighted by molar-refractivity contribution is -0.170. The molecular formula is C20H19BrO4. The summed E-state index contributed by atoms with van der Waals surface area (Å²) >= 11 is 3.44. The van der Waals surface area contributed by atoms with E-state index in [1.807, 2.05) is 30.3 Å². The molecule has 3 aliphatic rings. The summed E-state index contributed by atoms with van der Waals surface area (Å²) in [7, 11) is 0. The van der Waals surface area contributed by atoms with Gasteiger partial charge in [0.2, 0.25) is 0 Å². The molecule has 0 saturated heterocycles. The lowest BCUT2D eigenvalue weighted by Gasteiger charge is -2.53. The Hall–Kier alpha value is -1.69. The number of fused-ring (bicyclic) bond motifs is 1. The number of hydrogen-bond donors (Lipinski definition) is 2. The van der Waals surface area contributed by atoms with Gasteiger partial charge in [0.1, 0.15) is 11.2 Å². The topological polar surface area (TPSA) is 66.8 Å². The summed E-state index contributed by atoms with van der Waals surface area (Å²) in [6.07, 6.45) is -0.193. The fourth-order valence-electron chi connectivity index (χ4n) is 4.26. The fourth-order valence-corrected chi connectivity index (χ4v) is 4.63. The Morgan fingerprint density at radius 2 is 1.76 bits per heavy atom. The number of carbonyl (C=O) groups is 1. The van der Waals surface area contributed by atoms with E-state index in [2.05, 4.69) is 15.9 Å². The molecule has 2 aromatic rings. The molecule has 0 fully saturated rings. The zero-order valence-electron chi connectivity index (χ0n) is 14.0. The fraction of sp³-hybridized carbons (Fsp3) is 0.350. The molecule has 0 saturated carbocycles. The SMILES string of the molecule is CC(C)OC(=O)C1CC2(O)c3ccccc3C1(O)c1ccc(Br)cc12. The largest absolute Gasteiger partial charge is 0.463 e. The molecule has 2 bridgehead atoms. The predicted molar refractivity (Wildman–Crippen MR) is 95.9 cm³/mol. The Morgan fingerprint density at radius 3 is 2.44 bits per heavy atom. The van der Waals surface area contributed by atoms with Crippen molar-refractivity contribution in [2.24, 2.45) is 5.92 Å². The summed E-state index contributed by atoms with van der Waals surface area (Å²) < 4.78 is 6.20. The second-order valence-corrected chi connectivity index (χ2v) is 8.02. The first-order chi connectivity index (χ1) is 11.8. The highest BCUT2D eigenvalue weighted by molar-refractivity contribution is 9.10. The van der Waals surface area contributed by atoms with E-state index in [4.69, 9.17) is 4.74 Å². The van der Waals surface area contributed by atoms with Crippen LogP contribution in [-0.2, 0) is 20.7 Å². The van der Waals surface area contributed by atoms with E-state index < -0.39 is 23.1 Å². The van der Waals surface area contributed by atoms with Crippen LogP contribution in [0.1, 0.15) is 42.5 Å². The smallest absolute Gasteiger partial charge is 0.312 e. The van der Waals surface area contributed by atoms with Crippen LogP contribution in [0.25, 0.3) is 0 Å². The first-order valence-corrected chi connectivity index (χ1v) is 9.13. The lowest BCUT2D eigenvalue weighted by atomic mass is 9.54. The van der Waals surface area contributed by atoms with Gasteiger partial charge in [-0.15, -0.1) is 0 Å². The molecule has 0 aliphatic heterocycles. The van der Waals surface area contributed by atoms with Crippen LogP contribution in [0, 0.1) is 5.92 Å². The molecular weight excluding hydrogens is 384 g/mol. The van der Waals surface area contributed by atoms with Gasteiger partial charge in [-0.25, -0.2) is 0 Å². The lowest BCUT2D eigenvalue weighted by Crippen LogP contribution is -2.57. The Bertz CT molecular complexity index is 878. The number of hydrogen-bond acceptors (Lipinski definition) is 4. The molecule has 0 spiro atoms. The van der Waals surface area contributed by atoms with Crippen molar-refractivity contribution in [3.05, 3.63) is 69.2 Å². The van der Waals surface area contributed by atoms with Crippen LogP contribution in [0.3, 0.4) is 0 Å². The molecule has 3 aliphatic carbocycles. The molecule has 0 aromatic heterocycles. The van der Waals surface area contributed by atoms with E-state index >= 15 is 0 Å². The number of ether oxygens (including phenoxy) is 1. The van der Waals surface area contributed by atoms with Crippen molar-refractivity contribution in [3.8, 4) is 0 Å². The van der Waals surface area contributed by atoms with E-state index in [1.165, 1.54) is 0 Å². The van der Waals surface area contributed by atoms with E-state index in [0.29, 0.717) is 22.3 Å². The average Bonchev–Trinajstić information content (AvgIpc) is 2.56. The summed E-state index contributed by atoms with van der Waals surface area (Å²) in [6, 6.07) is 12.6. The van der Waals surface area contributed by atoms with Crippen molar-refractivity contribution in [1.29, 1.82) is 0 Å². The first kappa shape index (κ1) is 16.8. The van der Waals surface area contributed by atoms with E-state index in [9.17, 15) is 15.0 Å². The molecule has 3 atom stereocenters. The predicted octanol–water partition coefficient (Wildman–Crippen LogP) is 3.21. The van der Waals surface area contributed by atoms with Crippen LogP contribution in [0.2, 0.25) is 0 Å². The van der Waals surface area contributed by atoms with Gasteiger partial charge in [0, 0.05) is 10.9 Å². The van der Waals surface area contributed by atoms with Gasteiger partial charge in [0.25, 0.3) is 0 Å². The standard InChI is InChI=1S/C20H19BrO4/c1-11(2)25-18(22)17-10-19(23)13-5-3-4-6-14(13)20(17,24)15-8-7-12(21)9-16(15)19/h3-9,11,17,23-24H,10H2,1-2H3. The highest BCUT2D eigenvalue weighted by atomic mass is 79.9. The number of aliphatic hydroxyl groups is 2. The second-order valence-electron chi connectivity index (χ2n) is 7.10. The van der Waals surface area contributed by atoms with Gasteiger partial charge < -0.3 is 14.9 Å². The van der Waals surface area contributed by atoms with Crippen LogP contribution in [0.5, 0.6) is 0 Å². The van der Waals surface area contributed by atoms with Gasteiger partial charge in [-0.05, 0) is 48.2 Å². The maximum atomic E-state index is 12.7. The molecule has 4 nitrogen and oxygen atoms in total. The first-order valence-electron chi connectivity index (χ1n) is 8.34. The number of carbonyl (C=O) groups excluding carboxylic acids is 1. The number of benzene rings is 2. The highest BCUT2D eigenvalue weighted by Crippen LogP contribution is 2.60. The number of halogens is 1. The minimum atomic E-state index is -1.51. The third kappa shape index (κ3) is 2.16. The van der Waals surface area contributed by atoms with E-state index in [0.717, 1.165) is 4.47 Å². The molecule has 130 valence electrons. The maximum Gasteiger partial charge on any atom is 0.312 e. The van der Waals surface area contributed by atoms with Crippen molar-refractivity contribution in [1.82, 2.24) is 0 Å². The average molecular weight is 403 g/mol. The Labute approximate surface area is 154 Å². The summed E-state index contributed by atoms with van der Waals surface area (Å²) in [5, 5.41) is 23.3. The molecule has 0 radical (unpaired) electrons. The number of esters is 1. The molecule has 2 N–H and O–H groups in total. The van der Waals surface area contributed by atoms with Crippen molar-refractivity contribution in [3.63, 3.8) is 0 Å². The monoisotopic (exact) mass is 402 g/mol. The van der Waals surface area contributed by atoms with Crippen molar-refractivity contribution >= 4 is 21.9 Å². The van der Waals surface area contributed by atoms with Crippen LogP contribution >= 0.6 is 15.9 Å². The van der Waals surface area contributed by atoms with Crippen LogP contribution < -0.4 is 0 Å². The summed E-state index contributed by atoms with van der Waals surface area (Å²) in [5.74, 6) is -1.34. The van der Waals surface area contributed by atoms with Crippen LogP contribution in [-0.4, -0.2) is 22.3 Å². The van der Waals surface area contributed by atoms with Gasteiger partial charge in [-0.3, -0.25) is 4.79 Å². The minimum Gasteiger partial charge on any atom is -0.463 e. The Kier molecular flexibility index (Phi) is 3.62. The van der Waals surface area contributed by atoms with E-state index in [-0.39, 0.29) is 12.5 Å². The molecule has 25 heavy (non-hydrogen) atoms. The van der Waals surface area contributed by atoms with Crippen molar-refractivity contribution in [2.75, 3.05) is 0 Å². The quantitative estimate of drug-likeness (QED) is 0.756. The third-order valence-electron chi connectivity index (χ3n) is 5.26. The van der Waals surface area contributed by atoms with Crippen molar-refractivity contribution in [2.45, 2.75) is 37.6 Å². The zero-order valence-corrected chi connectivity index (χ0v) is 15.6. The van der Waals surface area contributed by atoms with Crippen LogP contribution in [0.4, 0.5) is 0 Å². The van der Waals surface area contributed by atoms with Gasteiger partial charge in [0.15, 0.2) is 0 Å². The normalized spacial score (nSPS) is 29.3. The van der Waals surface area contributed by atoms with Gasteiger partial charge in [-0.2, -0.15) is 0 Å². The molecule has 2 aromatic carbocycles. The maximum absolute atomic E-state index is 12.7. The Balaban J connectivity index is 1.99. The molecule has 0 heterocycles.